The van der Waals surface area contributed by atoms with E-state index in [1.165, 1.54) is 12.1 Å². The molecule has 4 rings (SSSR count). The number of alkyl halides is 3. The minimum atomic E-state index is -4.78. The Bertz CT molecular complexity index is 680. The number of halogens is 3. The standard InChI is InChI=1S/C16H12F3NO3/c17-16(18,19)23-11-5-3-10(4-6-11)20-14(21)12-8-1-2-9(7-8)13(12)15(20)22/h1-6,8-9,12-13H,7H2/t8-,9-,12-,13+/m1/s1. The number of hydrogen-bond acceptors (Lipinski definition) is 3. The van der Waals surface area contributed by atoms with Crippen LogP contribution < -0.4 is 9.64 Å². The van der Waals surface area contributed by atoms with E-state index in [1.54, 1.807) is 0 Å². The summed E-state index contributed by atoms with van der Waals surface area (Å²) in [6, 6.07) is 4.80. The average Bonchev–Trinajstić information content (AvgIpc) is 3.13. The molecule has 1 aromatic carbocycles. The quantitative estimate of drug-likeness (QED) is 0.621. The van der Waals surface area contributed by atoms with Gasteiger partial charge in [0.25, 0.3) is 0 Å². The van der Waals surface area contributed by atoms with Gasteiger partial charge in [0, 0.05) is 0 Å². The van der Waals surface area contributed by atoms with Crippen LogP contribution in [-0.2, 0) is 9.59 Å². The Balaban J connectivity index is 1.59. The molecule has 0 spiro atoms. The summed E-state index contributed by atoms with van der Waals surface area (Å²) in [7, 11) is 0. The fraction of sp³-hybridized carbons (Fsp3) is 0.375. The molecular formula is C16H12F3NO3. The van der Waals surface area contributed by atoms with Gasteiger partial charge >= 0.3 is 6.36 Å². The summed E-state index contributed by atoms with van der Waals surface area (Å²) in [5.41, 5.74) is 0.281. The van der Waals surface area contributed by atoms with Crippen molar-refractivity contribution in [1.29, 1.82) is 0 Å². The number of allylic oxidation sites excluding steroid dienone is 2. The monoisotopic (exact) mass is 323 g/mol. The van der Waals surface area contributed by atoms with Crippen LogP contribution in [0.3, 0.4) is 0 Å². The van der Waals surface area contributed by atoms with Crippen LogP contribution in [0.1, 0.15) is 6.42 Å². The highest BCUT2D eigenvalue weighted by molar-refractivity contribution is 6.22. The first-order chi connectivity index (χ1) is 10.8. The Morgan fingerprint density at radius 2 is 1.48 bits per heavy atom. The minimum Gasteiger partial charge on any atom is -0.406 e. The number of fused-ring (bicyclic) bond motifs is 5. The van der Waals surface area contributed by atoms with Crippen molar-refractivity contribution in [2.75, 3.05) is 4.90 Å². The van der Waals surface area contributed by atoms with E-state index in [1.807, 2.05) is 12.2 Å². The SMILES string of the molecule is O=C1[C@@H]2[C@H](C(=O)N1c1ccc(OC(F)(F)F)cc1)[C@@H]1C=C[C@@H]2C1. The highest BCUT2D eigenvalue weighted by Crippen LogP contribution is 2.53. The van der Waals surface area contributed by atoms with Gasteiger partial charge in [0.1, 0.15) is 5.75 Å². The van der Waals surface area contributed by atoms with E-state index in [4.69, 9.17) is 0 Å². The van der Waals surface area contributed by atoms with Gasteiger partial charge in [0.2, 0.25) is 11.8 Å². The third kappa shape index (κ3) is 2.14. The van der Waals surface area contributed by atoms with Crippen LogP contribution in [0.5, 0.6) is 5.75 Å². The molecular weight excluding hydrogens is 311 g/mol. The summed E-state index contributed by atoms with van der Waals surface area (Å²) >= 11 is 0. The van der Waals surface area contributed by atoms with Gasteiger partial charge in [-0.15, -0.1) is 13.2 Å². The Hall–Kier alpha value is -2.31. The molecule has 0 radical (unpaired) electrons. The van der Waals surface area contributed by atoms with Crippen LogP contribution >= 0.6 is 0 Å². The molecule has 120 valence electrons. The molecule has 2 bridgehead atoms. The number of anilines is 1. The molecule has 4 nitrogen and oxygen atoms in total. The molecule has 4 atom stereocenters. The van der Waals surface area contributed by atoms with Crippen molar-refractivity contribution < 1.29 is 27.5 Å². The largest absolute Gasteiger partial charge is 0.573 e. The number of benzene rings is 1. The van der Waals surface area contributed by atoms with Gasteiger partial charge in [0.15, 0.2) is 0 Å². The first kappa shape index (κ1) is 14.3. The molecule has 2 fully saturated rings. The summed E-state index contributed by atoms with van der Waals surface area (Å²) in [5.74, 6) is -1.38. The number of nitrogens with zero attached hydrogens (tertiary/aromatic N) is 1. The zero-order valence-corrected chi connectivity index (χ0v) is 11.8. The molecule has 1 aliphatic heterocycles. The maximum absolute atomic E-state index is 12.6. The van der Waals surface area contributed by atoms with E-state index in [9.17, 15) is 22.8 Å². The van der Waals surface area contributed by atoms with Crippen molar-refractivity contribution in [3.05, 3.63) is 36.4 Å². The fourth-order valence-electron chi connectivity index (χ4n) is 3.95. The molecule has 0 unspecified atom stereocenters. The first-order valence-electron chi connectivity index (χ1n) is 7.27. The normalized spacial score (nSPS) is 31.9. The predicted octanol–water partition coefficient (Wildman–Crippen LogP) is 2.90. The highest BCUT2D eigenvalue weighted by atomic mass is 19.4. The lowest BCUT2D eigenvalue weighted by molar-refractivity contribution is -0.274. The lowest BCUT2D eigenvalue weighted by atomic mass is 9.85. The number of hydrogen-bond donors (Lipinski definition) is 0. The van der Waals surface area contributed by atoms with Crippen molar-refractivity contribution in [2.45, 2.75) is 12.8 Å². The van der Waals surface area contributed by atoms with Gasteiger partial charge in [-0.05, 0) is 42.5 Å². The molecule has 1 saturated heterocycles. The van der Waals surface area contributed by atoms with Crippen LogP contribution in [0.2, 0.25) is 0 Å². The topological polar surface area (TPSA) is 46.6 Å². The van der Waals surface area contributed by atoms with Crippen molar-refractivity contribution in [3.8, 4) is 5.75 Å². The van der Waals surface area contributed by atoms with Crippen LogP contribution in [0.15, 0.2) is 36.4 Å². The van der Waals surface area contributed by atoms with Crippen molar-refractivity contribution in [1.82, 2.24) is 0 Å². The van der Waals surface area contributed by atoms with E-state index in [0.717, 1.165) is 23.5 Å². The minimum absolute atomic E-state index is 0.0966. The number of carbonyl (C=O) groups is 2. The summed E-state index contributed by atoms with van der Waals surface area (Å²) < 4.78 is 40.3. The Morgan fingerprint density at radius 3 is 1.96 bits per heavy atom. The number of rotatable bonds is 2. The number of carbonyl (C=O) groups excluding carboxylic acids is 2. The Morgan fingerprint density at radius 1 is 0.957 bits per heavy atom. The van der Waals surface area contributed by atoms with Gasteiger partial charge in [0.05, 0.1) is 17.5 Å². The second-order valence-corrected chi connectivity index (χ2v) is 6.05. The summed E-state index contributed by atoms with van der Waals surface area (Å²) in [6.07, 6.45) is 0.0310. The van der Waals surface area contributed by atoms with E-state index < -0.39 is 6.36 Å². The van der Waals surface area contributed by atoms with E-state index in [0.29, 0.717) is 0 Å². The fourth-order valence-corrected chi connectivity index (χ4v) is 3.95. The van der Waals surface area contributed by atoms with Crippen LogP contribution in [-0.4, -0.2) is 18.2 Å². The first-order valence-corrected chi connectivity index (χ1v) is 7.27. The third-order valence-corrected chi connectivity index (χ3v) is 4.80. The molecule has 0 N–H and O–H groups in total. The number of imide groups is 1. The lowest BCUT2D eigenvalue weighted by Crippen LogP contribution is -2.32. The van der Waals surface area contributed by atoms with Crippen molar-refractivity contribution in [2.24, 2.45) is 23.7 Å². The van der Waals surface area contributed by atoms with Gasteiger partial charge in [-0.25, -0.2) is 0 Å². The molecule has 1 saturated carbocycles. The maximum Gasteiger partial charge on any atom is 0.573 e. The van der Waals surface area contributed by atoms with E-state index in [-0.39, 0.29) is 46.9 Å². The summed E-state index contributed by atoms with van der Waals surface area (Å²) in [6.45, 7) is 0. The third-order valence-electron chi connectivity index (χ3n) is 4.80. The molecule has 2 aliphatic carbocycles. The molecule has 1 heterocycles. The Labute approximate surface area is 129 Å². The zero-order valence-electron chi connectivity index (χ0n) is 11.8. The lowest BCUT2D eigenvalue weighted by Gasteiger charge is -2.18. The molecule has 3 aliphatic rings. The molecule has 2 amide bonds. The van der Waals surface area contributed by atoms with Gasteiger partial charge < -0.3 is 4.74 Å². The number of amides is 2. The Kier molecular flexibility index (Phi) is 2.86. The van der Waals surface area contributed by atoms with Crippen LogP contribution in [0.4, 0.5) is 18.9 Å². The van der Waals surface area contributed by atoms with Gasteiger partial charge in [-0.3, -0.25) is 14.5 Å². The zero-order chi connectivity index (χ0) is 16.4. The van der Waals surface area contributed by atoms with Gasteiger partial charge in [-0.1, -0.05) is 12.2 Å². The predicted molar refractivity (Wildman–Crippen MR) is 73.3 cm³/mol. The van der Waals surface area contributed by atoms with Crippen molar-refractivity contribution in [3.63, 3.8) is 0 Å². The molecule has 7 heteroatoms. The highest BCUT2D eigenvalue weighted by Gasteiger charge is 2.59. The second-order valence-electron chi connectivity index (χ2n) is 6.05. The number of ether oxygens (including phenoxy) is 1. The van der Waals surface area contributed by atoms with Crippen LogP contribution in [0.25, 0.3) is 0 Å². The van der Waals surface area contributed by atoms with E-state index in [2.05, 4.69) is 4.74 Å². The van der Waals surface area contributed by atoms with Gasteiger partial charge in [-0.2, -0.15) is 0 Å². The van der Waals surface area contributed by atoms with Crippen molar-refractivity contribution >= 4 is 17.5 Å². The maximum atomic E-state index is 12.6. The molecule has 1 aromatic rings. The molecule has 23 heavy (non-hydrogen) atoms. The molecule has 0 aromatic heterocycles. The summed E-state index contributed by atoms with van der Waals surface area (Å²) in [4.78, 5) is 26.2. The van der Waals surface area contributed by atoms with Crippen LogP contribution in [0, 0.1) is 23.7 Å². The average molecular weight is 323 g/mol. The summed E-state index contributed by atoms with van der Waals surface area (Å²) in [5, 5.41) is 0. The van der Waals surface area contributed by atoms with E-state index >= 15 is 0 Å². The second kappa shape index (κ2) is 4.59. The smallest absolute Gasteiger partial charge is 0.406 e.